The Morgan fingerprint density at radius 2 is 1.83 bits per heavy atom. The zero-order chi connectivity index (χ0) is 20.6. The highest BCUT2D eigenvalue weighted by atomic mass is 16.4. The van der Waals surface area contributed by atoms with E-state index in [0.717, 1.165) is 44.1 Å². The van der Waals surface area contributed by atoms with Crippen LogP contribution in [-0.4, -0.2) is 27.7 Å². The summed E-state index contributed by atoms with van der Waals surface area (Å²) in [5, 5.41) is 22.3. The summed E-state index contributed by atoms with van der Waals surface area (Å²) in [6.45, 7) is 4.26. The number of rotatable bonds is 1. The second-order valence-corrected chi connectivity index (χ2v) is 10.7. The topological polar surface area (TPSA) is 87.7 Å². The molecule has 4 aliphatic rings. The molecule has 4 saturated carbocycles. The summed E-state index contributed by atoms with van der Waals surface area (Å²) in [7, 11) is 0. The number of Topliss-reactive ketones (excluding diaryl/α,β-unsaturated/α-hetero) is 1. The van der Waals surface area contributed by atoms with E-state index in [4.69, 9.17) is 4.42 Å². The summed E-state index contributed by atoms with van der Waals surface area (Å²) in [5.74, 6) is 0.773. The summed E-state index contributed by atoms with van der Waals surface area (Å²) >= 11 is 0. The third kappa shape index (κ3) is 2.46. The molecule has 0 radical (unpaired) electrons. The molecule has 0 unspecified atom stereocenters. The quantitative estimate of drug-likeness (QED) is 0.754. The predicted octanol–water partition coefficient (Wildman–Crippen LogP) is 3.42. The Hall–Kier alpha value is -1.46. The Morgan fingerprint density at radius 1 is 1.03 bits per heavy atom. The van der Waals surface area contributed by atoms with Gasteiger partial charge < -0.3 is 14.6 Å². The fourth-order valence-electron chi connectivity index (χ4n) is 8.02. The molecule has 0 bridgehead atoms. The van der Waals surface area contributed by atoms with Crippen molar-refractivity contribution in [3.63, 3.8) is 0 Å². The Kier molecular flexibility index (Phi) is 4.22. The SMILES string of the molecule is C[C@]12CC[C@H](O)C[C@H]1CC[C@@H]1[C@@H]2CC(=O)[C@]2(C)[C@@H](c3ccc(=O)oc3)CC[C@]12O. The minimum atomic E-state index is -1.02. The Morgan fingerprint density at radius 3 is 2.55 bits per heavy atom. The molecule has 0 aliphatic heterocycles. The van der Waals surface area contributed by atoms with Gasteiger partial charge in [-0.2, -0.15) is 0 Å². The van der Waals surface area contributed by atoms with Crippen LogP contribution >= 0.6 is 0 Å². The van der Waals surface area contributed by atoms with Gasteiger partial charge in [-0.1, -0.05) is 6.92 Å². The summed E-state index contributed by atoms with van der Waals surface area (Å²) in [6, 6.07) is 3.17. The van der Waals surface area contributed by atoms with Crippen LogP contribution < -0.4 is 5.63 Å². The van der Waals surface area contributed by atoms with E-state index < -0.39 is 16.6 Å². The molecule has 5 nitrogen and oxygen atoms in total. The minimum absolute atomic E-state index is 0.0203. The van der Waals surface area contributed by atoms with Crippen LogP contribution in [0.3, 0.4) is 0 Å². The summed E-state index contributed by atoms with van der Waals surface area (Å²) < 4.78 is 5.09. The van der Waals surface area contributed by atoms with Crippen LogP contribution in [0.2, 0.25) is 0 Å². The third-order valence-electron chi connectivity index (χ3n) is 9.80. The van der Waals surface area contributed by atoms with Crippen LogP contribution in [0, 0.1) is 28.6 Å². The lowest BCUT2D eigenvalue weighted by molar-refractivity contribution is -0.203. The van der Waals surface area contributed by atoms with Gasteiger partial charge in [0.1, 0.15) is 5.78 Å². The molecule has 8 atom stereocenters. The summed E-state index contributed by atoms with van der Waals surface area (Å²) in [5.41, 5.74) is -1.39. The first-order valence-corrected chi connectivity index (χ1v) is 11.2. The van der Waals surface area contributed by atoms with Crippen molar-refractivity contribution < 1.29 is 19.4 Å². The van der Waals surface area contributed by atoms with E-state index in [1.807, 2.05) is 6.92 Å². The Bertz CT molecular complexity index is 871. The fourth-order valence-corrected chi connectivity index (χ4v) is 8.02. The number of aliphatic hydroxyl groups is 2. The summed E-state index contributed by atoms with van der Waals surface area (Å²) in [6.07, 6.45) is 7.62. The van der Waals surface area contributed by atoms with Crippen LogP contribution in [0.1, 0.15) is 76.7 Å². The smallest absolute Gasteiger partial charge is 0.335 e. The maximum absolute atomic E-state index is 13.7. The number of aliphatic hydroxyl groups excluding tert-OH is 1. The number of carbonyl (C=O) groups is 1. The minimum Gasteiger partial charge on any atom is -0.431 e. The molecule has 1 aromatic rings. The second kappa shape index (κ2) is 6.27. The number of hydrogen-bond acceptors (Lipinski definition) is 5. The van der Waals surface area contributed by atoms with Crippen LogP contribution in [0.25, 0.3) is 0 Å². The van der Waals surface area contributed by atoms with Crippen molar-refractivity contribution in [1.82, 2.24) is 0 Å². The molecule has 0 aromatic carbocycles. The average Bonchev–Trinajstić information content (AvgIpc) is 2.97. The molecule has 0 spiro atoms. The van der Waals surface area contributed by atoms with Crippen molar-refractivity contribution in [3.05, 3.63) is 34.4 Å². The lowest BCUT2D eigenvalue weighted by Crippen LogP contribution is -2.65. The first kappa shape index (κ1) is 19.5. The zero-order valence-corrected chi connectivity index (χ0v) is 17.4. The van der Waals surface area contributed by atoms with Gasteiger partial charge in [0.2, 0.25) is 0 Å². The lowest BCUT2D eigenvalue weighted by Gasteiger charge is -2.62. The van der Waals surface area contributed by atoms with Gasteiger partial charge in [-0.15, -0.1) is 0 Å². The van der Waals surface area contributed by atoms with Crippen molar-refractivity contribution in [3.8, 4) is 0 Å². The van der Waals surface area contributed by atoms with E-state index in [0.29, 0.717) is 18.8 Å². The van der Waals surface area contributed by atoms with Gasteiger partial charge >= 0.3 is 5.63 Å². The monoisotopic (exact) mass is 400 g/mol. The van der Waals surface area contributed by atoms with Gasteiger partial charge in [-0.3, -0.25) is 4.79 Å². The molecule has 158 valence electrons. The molecule has 5 rings (SSSR count). The van der Waals surface area contributed by atoms with Crippen molar-refractivity contribution in [1.29, 1.82) is 0 Å². The van der Waals surface area contributed by atoms with E-state index in [1.165, 1.54) is 12.3 Å². The first-order valence-electron chi connectivity index (χ1n) is 11.2. The second-order valence-electron chi connectivity index (χ2n) is 10.7. The number of ketones is 1. The van der Waals surface area contributed by atoms with E-state index in [-0.39, 0.29) is 35.1 Å². The molecule has 1 aromatic heterocycles. The largest absolute Gasteiger partial charge is 0.431 e. The van der Waals surface area contributed by atoms with Gasteiger partial charge in [0, 0.05) is 18.4 Å². The highest BCUT2D eigenvalue weighted by Gasteiger charge is 2.70. The standard InChI is InChI=1S/C24H32O5/c1-22-9-7-16(25)11-15(22)4-5-18-19(22)12-20(26)23(2)17(8-10-24(18,23)28)14-3-6-21(27)29-13-14/h3,6,13,15-19,25,28H,4-5,7-12H2,1-2H3/t15-,16+,17-,18-,19+,22+,23+,24+/m1/s1. The number of hydrogen-bond donors (Lipinski definition) is 2. The lowest BCUT2D eigenvalue weighted by atomic mass is 9.43. The molecular formula is C24H32O5. The van der Waals surface area contributed by atoms with Crippen LogP contribution in [0.5, 0.6) is 0 Å². The number of carbonyl (C=O) groups excluding carboxylic acids is 1. The van der Waals surface area contributed by atoms with Gasteiger partial charge in [-0.05, 0) is 86.7 Å². The first-order chi connectivity index (χ1) is 13.7. The molecule has 0 amide bonds. The number of fused-ring (bicyclic) bond motifs is 5. The molecule has 2 N–H and O–H groups in total. The molecule has 1 heterocycles. The Balaban J connectivity index is 1.54. The van der Waals surface area contributed by atoms with Gasteiger partial charge in [-0.25, -0.2) is 4.79 Å². The molecule has 4 fully saturated rings. The fraction of sp³-hybridized carbons (Fsp3) is 0.750. The van der Waals surface area contributed by atoms with Crippen molar-refractivity contribution in [2.24, 2.45) is 28.6 Å². The van der Waals surface area contributed by atoms with Crippen LogP contribution in [0.4, 0.5) is 0 Å². The predicted molar refractivity (Wildman–Crippen MR) is 107 cm³/mol. The highest BCUT2D eigenvalue weighted by molar-refractivity contribution is 5.89. The van der Waals surface area contributed by atoms with Gasteiger partial charge in [0.15, 0.2) is 0 Å². The summed E-state index contributed by atoms with van der Waals surface area (Å²) in [4.78, 5) is 25.1. The van der Waals surface area contributed by atoms with Gasteiger partial charge in [0.25, 0.3) is 0 Å². The Labute approximate surface area is 171 Å². The van der Waals surface area contributed by atoms with Crippen molar-refractivity contribution in [2.75, 3.05) is 0 Å². The average molecular weight is 401 g/mol. The van der Waals surface area contributed by atoms with E-state index in [1.54, 1.807) is 6.07 Å². The molecule has 29 heavy (non-hydrogen) atoms. The normalized spacial score (nSPS) is 49.2. The van der Waals surface area contributed by atoms with Crippen LogP contribution in [-0.2, 0) is 4.79 Å². The van der Waals surface area contributed by atoms with Crippen molar-refractivity contribution >= 4 is 5.78 Å². The van der Waals surface area contributed by atoms with E-state index in [2.05, 4.69) is 6.92 Å². The van der Waals surface area contributed by atoms with Crippen molar-refractivity contribution in [2.45, 2.75) is 82.8 Å². The molecule has 5 heteroatoms. The maximum Gasteiger partial charge on any atom is 0.335 e. The van der Waals surface area contributed by atoms with E-state index in [9.17, 15) is 19.8 Å². The molecule has 0 saturated heterocycles. The van der Waals surface area contributed by atoms with Crippen LogP contribution in [0.15, 0.2) is 27.6 Å². The highest BCUT2D eigenvalue weighted by Crippen LogP contribution is 2.69. The van der Waals surface area contributed by atoms with Gasteiger partial charge in [0.05, 0.1) is 23.4 Å². The maximum atomic E-state index is 13.7. The zero-order valence-electron chi connectivity index (χ0n) is 17.4. The third-order valence-corrected chi connectivity index (χ3v) is 9.80. The molecular weight excluding hydrogens is 368 g/mol. The molecule has 4 aliphatic carbocycles. The van der Waals surface area contributed by atoms with E-state index >= 15 is 0 Å².